The number of nitrogens with zero attached hydrogens (tertiary/aromatic N) is 4. The molecule has 0 aliphatic carbocycles. The van der Waals surface area contributed by atoms with Gasteiger partial charge < -0.3 is 15.4 Å². The fourth-order valence-electron chi connectivity index (χ4n) is 3.43. The Morgan fingerprint density at radius 1 is 1.06 bits per heavy atom. The van der Waals surface area contributed by atoms with Crippen LogP contribution in [0.25, 0.3) is 22.2 Å². The molecule has 4 aromatic rings. The van der Waals surface area contributed by atoms with Crippen LogP contribution < -0.4 is 15.4 Å². The molecule has 1 aromatic carbocycles. The number of anilines is 2. The third kappa shape index (κ3) is 5.13. The molecule has 4 rings (SSSR count). The van der Waals surface area contributed by atoms with E-state index in [1.807, 2.05) is 19.9 Å². The Bertz CT molecular complexity index is 1410. The number of aryl methyl sites for hydroxylation is 1. The fraction of sp³-hybridized carbons (Fsp3) is 0.208. The predicted octanol–water partition coefficient (Wildman–Crippen LogP) is 5.11. The molecule has 0 atom stereocenters. The molecule has 180 valence electrons. The van der Waals surface area contributed by atoms with Crippen molar-refractivity contribution >= 4 is 28.6 Å². The van der Waals surface area contributed by atoms with Gasteiger partial charge in [-0.25, -0.2) is 4.98 Å². The summed E-state index contributed by atoms with van der Waals surface area (Å²) in [6.07, 6.45) is -2.05. The van der Waals surface area contributed by atoms with Crippen molar-refractivity contribution < 1.29 is 22.7 Å². The molecular formula is C24H21F3N6O2. The number of nitrogens with one attached hydrogen (secondary N) is 2. The molecule has 0 fully saturated rings. The van der Waals surface area contributed by atoms with Crippen molar-refractivity contribution in [2.24, 2.45) is 0 Å². The van der Waals surface area contributed by atoms with Crippen LogP contribution in [-0.4, -0.2) is 39.5 Å². The van der Waals surface area contributed by atoms with Crippen LogP contribution in [0.5, 0.6) is 5.88 Å². The minimum Gasteiger partial charge on any atom is -0.477 e. The van der Waals surface area contributed by atoms with E-state index >= 15 is 0 Å². The Morgan fingerprint density at radius 2 is 1.86 bits per heavy atom. The molecular weight excluding hydrogens is 461 g/mol. The van der Waals surface area contributed by atoms with Gasteiger partial charge in [0, 0.05) is 41.6 Å². The van der Waals surface area contributed by atoms with Gasteiger partial charge in [0.1, 0.15) is 5.69 Å². The molecule has 11 heteroatoms. The van der Waals surface area contributed by atoms with Gasteiger partial charge in [0.05, 0.1) is 6.61 Å². The number of pyridine rings is 2. The SMILES string of the molecule is CCOc1nc2nc(NC)ncc2cc1-c1cc(NC(=O)c2ccnc(C(F)(F)F)c2)ccc1C. The highest BCUT2D eigenvalue weighted by Crippen LogP contribution is 2.35. The van der Waals surface area contributed by atoms with Gasteiger partial charge >= 0.3 is 6.18 Å². The summed E-state index contributed by atoms with van der Waals surface area (Å²) < 4.78 is 44.7. The second-order valence-corrected chi connectivity index (χ2v) is 7.54. The first kappa shape index (κ1) is 23.9. The molecule has 0 radical (unpaired) electrons. The third-order valence-corrected chi connectivity index (χ3v) is 5.14. The van der Waals surface area contributed by atoms with E-state index in [1.165, 1.54) is 6.07 Å². The molecule has 0 aliphatic rings. The second kappa shape index (κ2) is 9.53. The van der Waals surface area contributed by atoms with E-state index in [1.54, 1.807) is 31.4 Å². The monoisotopic (exact) mass is 482 g/mol. The number of hydrogen-bond donors (Lipinski definition) is 2. The maximum absolute atomic E-state index is 13.0. The highest BCUT2D eigenvalue weighted by atomic mass is 19.4. The van der Waals surface area contributed by atoms with Crippen LogP contribution in [-0.2, 0) is 6.18 Å². The van der Waals surface area contributed by atoms with Crippen LogP contribution in [0.1, 0.15) is 28.5 Å². The molecule has 8 nitrogen and oxygen atoms in total. The Hall–Kier alpha value is -4.28. The number of carbonyl (C=O) groups excluding carboxylic acids is 1. The first-order valence-corrected chi connectivity index (χ1v) is 10.6. The summed E-state index contributed by atoms with van der Waals surface area (Å²) in [6.45, 7) is 4.09. The Balaban J connectivity index is 1.72. The summed E-state index contributed by atoms with van der Waals surface area (Å²) in [5.41, 5.74) is 1.82. The highest BCUT2D eigenvalue weighted by molar-refractivity contribution is 6.04. The average Bonchev–Trinajstić information content (AvgIpc) is 2.84. The van der Waals surface area contributed by atoms with Gasteiger partial charge in [0.25, 0.3) is 5.91 Å². The lowest BCUT2D eigenvalue weighted by Crippen LogP contribution is -2.15. The highest BCUT2D eigenvalue weighted by Gasteiger charge is 2.33. The van der Waals surface area contributed by atoms with E-state index in [-0.39, 0.29) is 5.56 Å². The van der Waals surface area contributed by atoms with Crippen molar-refractivity contribution in [3.8, 4) is 17.0 Å². The van der Waals surface area contributed by atoms with E-state index in [9.17, 15) is 18.0 Å². The number of carbonyl (C=O) groups is 1. The maximum Gasteiger partial charge on any atom is 0.433 e. The zero-order valence-corrected chi connectivity index (χ0v) is 19.1. The summed E-state index contributed by atoms with van der Waals surface area (Å²) in [5, 5.41) is 6.20. The number of rotatable bonds is 6. The molecule has 35 heavy (non-hydrogen) atoms. The molecule has 1 amide bonds. The minimum atomic E-state index is -4.65. The van der Waals surface area contributed by atoms with Gasteiger partial charge in [-0.1, -0.05) is 6.07 Å². The minimum absolute atomic E-state index is 0.158. The van der Waals surface area contributed by atoms with Gasteiger partial charge in [-0.2, -0.15) is 23.1 Å². The lowest BCUT2D eigenvalue weighted by atomic mass is 9.99. The van der Waals surface area contributed by atoms with Crippen LogP contribution in [0.4, 0.5) is 24.8 Å². The van der Waals surface area contributed by atoms with E-state index in [4.69, 9.17) is 4.74 Å². The quantitative estimate of drug-likeness (QED) is 0.394. The molecule has 3 heterocycles. The van der Waals surface area contributed by atoms with Gasteiger partial charge in [0.2, 0.25) is 11.8 Å². The Morgan fingerprint density at radius 3 is 2.57 bits per heavy atom. The average molecular weight is 482 g/mol. The second-order valence-electron chi connectivity index (χ2n) is 7.54. The zero-order valence-electron chi connectivity index (χ0n) is 19.1. The molecule has 0 saturated heterocycles. The van der Waals surface area contributed by atoms with Crippen molar-refractivity contribution in [1.82, 2.24) is 19.9 Å². The first-order chi connectivity index (χ1) is 16.7. The largest absolute Gasteiger partial charge is 0.477 e. The lowest BCUT2D eigenvalue weighted by Gasteiger charge is -2.15. The number of aromatic nitrogens is 4. The van der Waals surface area contributed by atoms with Crippen LogP contribution >= 0.6 is 0 Å². The summed E-state index contributed by atoms with van der Waals surface area (Å²) in [5.74, 6) is 0.0875. The van der Waals surface area contributed by atoms with Gasteiger partial charge in [-0.15, -0.1) is 0 Å². The third-order valence-electron chi connectivity index (χ3n) is 5.14. The number of fused-ring (bicyclic) bond motifs is 1. The van der Waals surface area contributed by atoms with E-state index in [2.05, 4.69) is 30.6 Å². The standard InChI is InChI=1S/C24H21F3N6O2/c1-4-35-22-18(9-15-12-30-23(28-3)33-20(15)32-22)17-11-16(6-5-13(17)2)31-21(34)14-7-8-29-19(10-14)24(25,26)27/h5-12H,4H2,1-3H3,(H,31,34)(H,28,30,32,33). The number of hydrogen-bond acceptors (Lipinski definition) is 7. The van der Waals surface area contributed by atoms with Gasteiger partial charge in [0.15, 0.2) is 5.65 Å². The normalized spacial score (nSPS) is 11.4. The smallest absolute Gasteiger partial charge is 0.433 e. The summed E-state index contributed by atoms with van der Waals surface area (Å²) in [6, 6.07) is 8.95. The zero-order chi connectivity index (χ0) is 25.2. The molecule has 0 saturated carbocycles. The number of alkyl halides is 3. The molecule has 0 bridgehead atoms. The van der Waals surface area contributed by atoms with E-state index < -0.39 is 17.8 Å². The predicted molar refractivity (Wildman–Crippen MR) is 125 cm³/mol. The Labute approximate surface area is 198 Å². The maximum atomic E-state index is 13.0. The molecule has 2 N–H and O–H groups in total. The molecule has 0 aliphatic heterocycles. The van der Waals surface area contributed by atoms with Crippen LogP contribution in [0.2, 0.25) is 0 Å². The van der Waals surface area contributed by atoms with Crippen LogP contribution in [0, 0.1) is 6.92 Å². The molecule has 3 aromatic heterocycles. The summed E-state index contributed by atoms with van der Waals surface area (Å²) in [4.78, 5) is 29.1. The Kier molecular flexibility index (Phi) is 6.50. The first-order valence-electron chi connectivity index (χ1n) is 10.6. The van der Waals surface area contributed by atoms with Gasteiger partial charge in [-0.05, 0) is 55.3 Å². The number of halogens is 3. The van der Waals surface area contributed by atoms with E-state index in [0.717, 1.165) is 17.3 Å². The van der Waals surface area contributed by atoms with Crippen LogP contribution in [0.15, 0.2) is 48.8 Å². The lowest BCUT2D eigenvalue weighted by molar-refractivity contribution is -0.141. The van der Waals surface area contributed by atoms with Crippen molar-refractivity contribution in [1.29, 1.82) is 0 Å². The van der Waals surface area contributed by atoms with Crippen molar-refractivity contribution in [2.75, 3.05) is 24.3 Å². The number of benzene rings is 1. The van der Waals surface area contributed by atoms with Crippen molar-refractivity contribution in [3.05, 3.63) is 65.6 Å². The number of ether oxygens (including phenoxy) is 1. The summed E-state index contributed by atoms with van der Waals surface area (Å²) >= 11 is 0. The van der Waals surface area contributed by atoms with Crippen LogP contribution in [0.3, 0.4) is 0 Å². The van der Waals surface area contributed by atoms with Crippen molar-refractivity contribution in [3.63, 3.8) is 0 Å². The molecule has 0 spiro atoms. The summed E-state index contributed by atoms with van der Waals surface area (Å²) in [7, 11) is 1.71. The topological polar surface area (TPSA) is 102 Å². The number of amides is 1. The molecule has 0 unspecified atom stereocenters. The van der Waals surface area contributed by atoms with E-state index in [0.29, 0.717) is 46.8 Å². The van der Waals surface area contributed by atoms with Gasteiger partial charge in [-0.3, -0.25) is 9.78 Å². The fourth-order valence-corrected chi connectivity index (χ4v) is 3.43. The van der Waals surface area contributed by atoms with Crippen molar-refractivity contribution in [2.45, 2.75) is 20.0 Å².